The van der Waals surface area contributed by atoms with Crippen LogP contribution < -0.4 is 5.32 Å². The van der Waals surface area contributed by atoms with Crippen LogP contribution in [0.2, 0.25) is 0 Å². The Morgan fingerprint density at radius 3 is 2.65 bits per heavy atom. The van der Waals surface area contributed by atoms with Crippen molar-refractivity contribution in [2.45, 2.75) is 38.3 Å². The van der Waals surface area contributed by atoms with Gasteiger partial charge in [-0.2, -0.15) is 0 Å². The summed E-state index contributed by atoms with van der Waals surface area (Å²) in [5.41, 5.74) is 4.90. The molecule has 2 aliphatic rings. The topological polar surface area (TPSA) is 21.3 Å². The molecule has 23 heavy (non-hydrogen) atoms. The number of ether oxygens (including phenoxy) is 1. The minimum atomic E-state index is -0.189. The first-order valence-corrected chi connectivity index (χ1v) is 8.41. The Labute approximate surface area is 136 Å². The first-order valence-electron chi connectivity index (χ1n) is 8.41. The lowest BCUT2D eigenvalue weighted by atomic mass is 9.80. The quantitative estimate of drug-likeness (QED) is 0.823. The number of hydrogen-bond acceptors (Lipinski definition) is 2. The van der Waals surface area contributed by atoms with E-state index in [1.54, 1.807) is 12.1 Å². The third kappa shape index (κ3) is 2.53. The lowest BCUT2D eigenvalue weighted by molar-refractivity contribution is 0.0828. The number of benzene rings is 2. The highest BCUT2D eigenvalue weighted by Crippen LogP contribution is 2.50. The minimum absolute atomic E-state index is 0.139. The lowest BCUT2D eigenvalue weighted by Gasteiger charge is -2.37. The highest BCUT2D eigenvalue weighted by Gasteiger charge is 2.41. The zero-order valence-corrected chi connectivity index (χ0v) is 13.6. The van der Waals surface area contributed by atoms with Gasteiger partial charge in [0.25, 0.3) is 0 Å². The summed E-state index contributed by atoms with van der Waals surface area (Å²) in [4.78, 5) is 0. The molecule has 1 N–H and O–H groups in total. The molecule has 2 heterocycles. The number of fused-ring (bicyclic) bond motifs is 3. The second kappa shape index (κ2) is 5.64. The van der Waals surface area contributed by atoms with Gasteiger partial charge in [0.1, 0.15) is 5.82 Å². The molecule has 2 aliphatic heterocycles. The van der Waals surface area contributed by atoms with Crippen molar-refractivity contribution in [2.24, 2.45) is 5.92 Å². The molecule has 3 unspecified atom stereocenters. The average Bonchev–Trinajstić information content (AvgIpc) is 3.04. The van der Waals surface area contributed by atoms with Gasteiger partial charge >= 0.3 is 0 Å². The van der Waals surface area contributed by atoms with Crippen molar-refractivity contribution in [3.63, 3.8) is 0 Å². The van der Waals surface area contributed by atoms with E-state index in [-0.39, 0.29) is 18.0 Å². The largest absolute Gasteiger partial charge is 0.378 e. The highest BCUT2D eigenvalue weighted by molar-refractivity contribution is 5.58. The molecule has 3 atom stereocenters. The molecule has 120 valence electrons. The van der Waals surface area contributed by atoms with E-state index in [0.29, 0.717) is 11.8 Å². The molecule has 1 fully saturated rings. The second-order valence-corrected chi connectivity index (χ2v) is 6.92. The fourth-order valence-electron chi connectivity index (χ4n) is 3.85. The SMILES string of the molecule is CC(C)c1ccc2c(c1)C1OCCC1C(c1ccc(F)cc1)N2. The summed E-state index contributed by atoms with van der Waals surface area (Å²) in [6.07, 6.45) is 1.17. The van der Waals surface area contributed by atoms with E-state index < -0.39 is 0 Å². The summed E-state index contributed by atoms with van der Waals surface area (Å²) in [6, 6.07) is 13.7. The summed E-state index contributed by atoms with van der Waals surface area (Å²) >= 11 is 0. The summed E-state index contributed by atoms with van der Waals surface area (Å²) in [5.74, 6) is 0.719. The fraction of sp³-hybridized carbons (Fsp3) is 0.400. The van der Waals surface area contributed by atoms with Gasteiger partial charge in [0.15, 0.2) is 0 Å². The second-order valence-electron chi connectivity index (χ2n) is 6.92. The van der Waals surface area contributed by atoms with E-state index >= 15 is 0 Å². The third-order valence-corrected chi connectivity index (χ3v) is 5.15. The number of anilines is 1. The Morgan fingerprint density at radius 2 is 1.91 bits per heavy atom. The van der Waals surface area contributed by atoms with Crippen LogP contribution in [0.5, 0.6) is 0 Å². The number of nitrogens with one attached hydrogen (secondary N) is 1. The van der Waals surface area contributed by atoms with E-state index in [0.717, 1.165) is 24.3 Å². The van der Waals surface area contributed by atoms with E-state index in [9.17, 15) is 4.39 Å². The summed E-state index contributed by atoms with van der Waals surface area (Å²) in [5, 5.41) is 3.67. The van der Waals surface area contributed by atoms with E-state index in [1.165, 1.54) is 11.1 Å². The molecule has 3 heteroatoms. The van der Waals surface area contributed by atoms with Crippen LogP contribution >= 0.6 is 0 Å². The maximum Gasteiger partial charge on any atom is 0.123 e. The molecule has 0 radical (unpaired) electrons. The van der Waals surface area contributed by atoms with Crippen molar-refractivity contribution < 1.29 is 9.13 Å². The summed E-state index contributed by atoms with van der Waals surface area (Å²) in [7, 11) is 0. The van der Waals surface area contributed by atoms with Crippen molar-refractivity contribution in [3.8, 4) is 0 Å². The molecule has 2 nitrogen and oxygen atoms in total. The average molecular weight is 311 g/mol. The number of halogens is 1. The predicted octanol–water partition coefficient (Wildman–Crippen LogP) is 5.19. The standard InChI is InChI=1S/C20H22FNO/c1-12(2)14-5-8-18-17(11-14)20-16(9-10-23-20)19(22-18)13-3-6-15(21)7-4-13/h3-8,11-12,16,19-20,22H,9-10H2,1-2H3. The fourth-order valence-corrected chi connectivity index (χ4v) is 3.85. The molecule has 2 aromatic rings. The van der Waals surface area contributed by atoms with Crippen LogP contribution in [0, 0.1) is 11.7 Å². The van der Waals surface area contributed by atoms with Crippen LogP contribution in [0.3, 0.4) is 0 Å². The van der Waals surface area contributed by atoms with Crippen LogP contribution in [-0.2, 0) is 4.74 Å². The van der Waals surface area contributed by atoms with Gasteiger partial charge in [-0.3, -0.25) is 0 Å². The molecule has 0 bridgehead atoms. The zero-order valence-electron chi connectivity index (χ0n) is 13.6. The van der Waals surface area contributed by atoms with Gasteiger partial charge in [-0.1, -0.05) is 38.1 Å². The Kier molecular flexibility index (Phi) is 3.61. The van der Waals surface area contributed by atoms with Gasteiger partial charge in [-0.25, -0.2) is 4.39 Å². The normalized spacial score (nSPS) is 25.8. The first kappa shape index (κ1) is 14.7. The molecule has 1 saturated heterocycles. The van der Waals surface area contributed by atoms with Crippen LogP contribution in [-0.4, -0.2) is 6.61 Å². The summed E-state index contributed by atoms with van der Waals surface area (Å²) < 4.78 is 19.3. The predicted molar refractivity (Wildman–Crippen MR) is 90.1 cm³/mol. The van der Waals surface area contributed by atoms with Crippen molar-refractivity contribution in [1.82, 2.24) is 0 Å². The van der Waals surface area contributed by atoms with Crippen molar-refractivity contribution in [1.29, 1.82) is 0 Å². The van der Waals surface area contributed by atoms with Gasteiger partial charge in [0.05, 0.1) is 12.1 Å². The monoisotopic (exact) mass is 311 g/mol. The molecular formula is C20H22FNO. The van der Waals surface area contributed by atoms with Crippen molar-refractivity contribution in [2.75, 3.05) is 11.9 Å². The lowest BCUT2D eigenvalue weighted by Crippen LogP contribution is -2.29. The van der Waals surface area contributed by atoms with Crippen LogP contribution in [0.25, 0.3) is 0 Å². The molecule has 0 spiro atoms. The van der Waals surface area contributed by atoms with Crippen molar-refractivity contribution >= 4 is 5.69 Å². The maximum absolute atomic E-state index is 13.2. The highest BCUT2D eigenvalue weighted by atomic mass is 19.1. The van der Waals surface area contributed by atoms with Crippen LogP contribution in [0.4, 0.5) is 10.1 Å². The zero-order chi connectivity index (χ0) is 16.0. The molecule has 0 saturated carbocycles. The van der Waals surface area contributed by atoms with E-state index in [1.807, 2.05) is 12.1 Å². The molecular weight excluding hydrogens is 289 g/mol. The van der Waals surface area contributed by atoms with Crippen LogP contribution in [0.15, 0.2) is 42.5 Å². The molecule has 4 rings (SSSR count). The minimum Gasteiger partial charge on any atom is -0.378 e. The molecule has 0 amide bonds. The maximum atomic E-state index is 13.2. The molecule has 2 aromatic carbocycles. The Morgan fingerprint density at radius 1 is 1.13 bits per heavy atom. The smallest absolute Gasteiger partial charge is 0.123 e. The van der Waals surface area contributed by atoms with E-state index in [4.69, 9.17) is 4.74 Å². The number of hydrogen-bond donors (Lipinski definition) is 1. The van der Waals surface area contributed by atoms with Gasteiger partial charge < -0.3 is 10.1 Å². The van der Waals surface area contributed by atoms with Crippen LogP contribution in [0.1, 0.15) is 55.0 Å². The van der Waals surface area contributed by atoms with Gasteiger partial charge in [0.2, 0.25) is 0 Å². The van der Waals surface area contributed by atoms with Crippen molar-refractivity contribution in [3.05, 3.63) is 65.0 Å². The van der Waals surface area contributed by atoms with Gasteiger partial charge in [-0.15, -0.1) is 0 Å². The van der Waals surface area contributed by atoms with Gasteiger partial charge in [-0.05, 0) is 41.7 Å². The Hall–Kier alpha value is -1.87. The third-order valence-electron chi connectivity index (χ3n) is 5.15. The van der Waals surface area contributed by atoms with Gasteiger partial charge in [0, 0.05) is 23.8 Å². The molecule has 0 aliphatic carbocycles. The first-order chi connectivity index (χ1) is 11.1. The Bertz CT molecular complexity index is 710. The number of rotatable bonds is 2. The van der Waals surface area contributed by atoms with E-state index in [2.05, 4.69) is 37.4 Å². The summed E-state index contributed by atoms with van der Waals surface area (Å²) in [6.45, 7) is 5.22. The Balaban J connectivity index is 1.74. The molecule has 0 aromatic heterocycles.